The topological polar surface area (TPSA) is 61.9 Å². The molecule has 2 saturated heterocycles. The van der Waals surface area contributed by atoms with Gasteiger partial charge in [-0.2, -0.15) is 0 Å². The van der Waals surface area contributed by atoms with Crippen molar-refractivity contribution in [3.63, 3.8) is 0 Å². The molecule has 7 heteroatoms. The first-order chi connectivity index (χ1) is 12.2. The molecular formula is C18H24FN3O3. The summed E-state index contributed by atoms with van der Waals surface area (Å²) in [5, 5.41) is 2.85. The molecule has 0 saturated carbocycles. The van der Waals surface area contributed by atoms with Gasteiger partial charge in [0.15, 0.2) is 0 Å². The third-order valence-corrected chi connectivity index (χ3v) is 4.73. The number of rotatable bonds is 5. The zero-order valence-electron chi connectivity index (χ0n) is 14.2. The summed E-state index contributed by atoms with van der Waals surface area (Å²) in [7, 11) is 0. The number of ether oxygens (including phenoxy) is 1. The molecule has 0 unspecified atom stereocenters. The van der Waals surface area contributed by atoms with E-state index in [1.54, 1.807) is 29.2 Å². The fourth-order valence-electron chi connectivity index (χ4n) is 3.46. The van der Waals surface area contributed by atoms with Gasteiger partial charge in [-0.25, -0.2) is 9.18 Å². The quantitative estimate of drug-likeness (QED) is 0.889. The van der Waals surface area contributed by atoms with Crippen LogP contribution in [-0.4, -0.2) is 60.7 Å². The first-order valence-corrected chi connectivity index (χ1v) is 8.81. The van der Waals surface area contributed by atoms with Gasteiger partial charge in [-0.1, -0.05) is 6.07 Å². The minimum absolute atomic E-state index is 0.000132. The van der Waals surface area contributed by atoms with Crippen molar-refractivity contribution < 1.29 is 18.7 Å². The highest BCUT2D eigenvalue weighted by molar-refractivity contribution is 5.89. The van der Waals surface area contributed by atoms with Gasteiger partial charge in [0.25, 0.3) is 0 Å². The van der Waals surface area contributed by atoms with Gasteiger partial charge in [0.05, 0.1) is 0 Å². The van der Waals surface area contributed by atoms with Crippen LogP contribution in [0.5, 0.6) is 5.75 Å². The highest BCUT2D eigenvalue weighted by Gasteiger charge is 2.31. The van der Waals surface area contributed by atoms with E-state index < -0.39 is 6.67 Å². The van der Waals surface area contributed by atoms with Gasteiger partial charge in [0.2, 0.25) is 5.91 Å². The van der Waals surface area contributed by atoms with Gasteiger partial charge in [0, 0.05) is 43.9 Å². The second-order valence-electron chi connectivity index (χ2n) is 6.40. The van der Waals surface area contributed by atoms with Crippen molar-refractivity contribution in [2.75, 3.05) is 38.2 Å². The van der Waals surface area contributed by atoms with E-state index in [-0.39, 0.29) is 24.6 Å². The van der Waals surface area contributed by atoms with E-state index in [2.05, 4.69) is 5.32 Å². The van der Waals surface area contributed by atoms with Crippen molar-refractivity contribution in [3.05, 3.63) is 24.3 Å². The molecule has 1 aromatic rings. The van der Waals surface area contributed by atoms with Crippen molar-refractivity contribution >= 4 is 17.6 Å². The van der Waals surface area contributed by atoms with Crippen LogP contribution in [0.4, 0.5) is 14.9 Å². The summed E-state index contributed by atoms with van der Waals surface area (Å²) >= 11 is 0. The number of nitrogens with one attached hydrogen (secondary N) is 1. The molecule has 2 aliphatic rings. The Morgan fingerprint density at radius 2 is 2.08 bits per heavy atom. The highest BCUT2D eigenvalue weighted by Crippen LogP contribution is 2.23. The van der Waals surface area contributed by atoms with Crippen molar-refractivity contribution in [2.45, 2.75) is 31.7 Å². The zero-order chi connectivity index (χ0) is 17.6. The molecule has 2 heterocycles. The van der Waals surface area contributed by atoms with E-state index >= 15 is 0 Å². The van der Waals surface area contributed by atoms with Crippen LogP contribution < -0.4 is 10.1 Å². The number of piperidine rings is 1. The largest absolute Gasteiger partial charge is 0.491 e. The number of carbonyl (C=O) groups is 2. The predicted molar refractivity (Wildman–Crippen MR) is 92.5 cm³/mol. The number of hydrogen-bond acceptors (Lipinski definition) is 3. The molecule has 3 rings (SSSR count). The van der Waals surface area contributed by atoms with Gasteiger partial charge >= 0.3 is 6.03 Å². The lowest BCUT2D eigenvalue weighted by Crippen LogP contribution is -2.48. The first-order valence-electron chi connectivity index (χ1n) is 8.81. The molecule has 1 N–H and O–H groups in total. The molecule has 2 aliphatic heterocycles. The number of benzene rings is 1. The monoisotopic (exact) mass is 349 g/mol. The molecule has 3 amide bonds. The van der Waals surface area contributed by atoms with Crippen LogP contribution in [0.15, 0.2) is 24.3 Å². The summed E-state index contributed by atoms with van der Waals surface area (Å²) in [6.45, 7) is 1.57. The lowest BCUT2D eigenvalue weighted by Gasteiger charge is -2.36. The molecule has 1 aromatic carbocycles. The number of anilines is 1. The van der Waals surface area contributed by atoms with E-state index in [1.807, 2.05) is 4.90 Å². The van der Waals surface area contributed by atoms with Gasteiger partial charge in [-0.3, -0.25) is 4.79 Å². The summed E-state index contributed by atoms with van der Waals surface area (Å²) in [5.41, 5.74) is 0.623. The van der Waals surface area contributed by atoms with Crippen LogP contribution in [0.2, 0.25) is 0 Å². The second-order valence-corrected chi connectivity index (χ2v) is 6.40. The van der Waals surface area contributed by atoms with Crippen LogP contribution >= 0.6 is 0 Å². The molecule has 25 heavy (non-hydrogen) atoms. The normalized spacial score (nSPS) is 18.5. The van der Waals surface area contributed by atoms with Gasteiger partial charge in [-0.05, 0) is 31.4 Å². The van der Waals surface area contributed by atoms with E-state index in [0.29, 0.717) is 30.9 Å². The van der Waals surface area contributed by atoms with Crippen molar-refractivity contribution in [1.29, 1.82) is 0 Å². The molecule has 0 bridgehead atoms. The Morgan fingerprint density at radius 3 is 2.76 bits per heavy atom. The van der Waals surface area contributed by atoms with E-state index in [4.69, 9.17) is 4.74 Å². The van der Waals surface area contributed by atoms with Crippen LogP contribution in [0, 0.1) is 0 Å². The zero-order valence-corrected chi connectivity index (χ0v) is 14.2. The van der Waals surface area contributed by atoms with E-state index in [0.717, 1.165) is 25.8 Å². The average Bonchev–Trinajstić information content (AvgIpc) is 3.06. The Labute approximate surface area is 146 Å². The number of amides is 3. The summed E-state index contributed by atoms with van der Waals surface area (Å²) in [4.78, 5) is 28.0. The Hall–Kier alpha value is -2.31. The fourth-order valence-corrected chi connectivity index (χ4v) is 3.46. The molecule has 6 nitrogen and oxygen atoms in total. The van der Waals surface area contributed by atoms with Crippen LogP contribution in [0.1, 0.15) is 25.7 Å². The number of hydrogen-bond donors (Lipinski definition) is 1. The van der Waals surface area contributed by atoms with Crippen molar-refractivity contribution in [3.8, 4) is 5.75 Å². The number of likely N-dealkylation sites (tertiary alicyclic amines) is 2. The lowest BCUT2D eigenvalue weighted by molar-refractivity contribution is -0.130. The number of halogens is 1. The van der Waals surface area contributed by atoms with E-state index in [9.17, 15) is 14.0 Å². The maximum atomic E-state index is 12.4. The van der Waals surface area contributed by atoms with Gasteiger partial charge < -0.3 is 19.9 Å². The molecular weight excluding hydrogens is 325 g/mol. The van der Waals surface area contributed by atoms with Crippen molar-refractivity contribution in [1.82, 2.24) is 9.80 Å². The summed E-state index contributed by atoms with van der Waals surface area (Å²) in [5.74, 6) is 0.773. The highest BCUT2D eigenvalue weighted by atomic mass is 19.1. The molecule has 136 valence electrons. The molecule has 0 radical (unpaired) electrons. The molecule has 0 aromatic heterocycles. The minimum Gasteiger partial charge on any atom is -0.491 e. The summed E-state index contributed by atoms with van der Waals surface area (Å²) in [6.07, 6.45) is 3.24. The Kier molecular flexibility index (Phi) is 5.73. The predicted octanol–water partition coefficient (Wildman–Crippen LogP) is 2.65. The Balaban J connectivity index is 1.50. The number of carbonyl (C=O) groups excluding carboxylic acids is 2. The standard InChI is InChI=1S/C18H24FN3O3/c19-8-12-25-16-4-1-3-14(13-16)20-18(24)21-10-6-15(7-11-21)22-9-2-5-17(22)23/h1,3-4,13,15H,2,5-12H2,(H,20,24). The SMILES string of the molecule is O=C(Nc1cccc(OCCF)c1)N1CCC(N2CCCC2=O)CC1. The average molecular weight is 349 g/mol. The molecule has 0 atom stereocenters. The first kappa shape index (κ1) is 17.5. The van der Waals surface area contributed by atoms with Crippen molar-refractivity contribution in [2.24, 2.45) is 0 Å². The summed E-state index contributed by atoms with van der Waals surface area (Å²) in [6, 6.07) is 7.04. The maximum absolute atomic E-state index is 12.4. The van der Waals surface area contributed by atoms with Crippen LogP contribution in [0.3, 0.4) is 0 Å². The maximum Gasteiger partial charge on any atom is 0.321 e. The molecule has 0 aliphatic carbocycles. The minimum atomic E-state index is -0.551. The molecule has 0 spiro atoms. The third kappa shape index (κ3) is 4.41. The molecule has 2 fully saturated rings. The Bertz CT molecular complexity index is 617. The van der Waals surface area contributed by atoms with Gasteiger partial charge in [-0.15, -0.1) is 0 Å². The smallest absolute Gasteiger partial charge is 0.321 e. The Morgan fingerprint density at radius 1 is 1.28 bits per heavy atom. The summed E-state index contributed by atoms with van der Waals surface area (Å²) < 4.78 is 17.4. The van der Waals surface area contributed by atoms with Crippen LogP contribution in [-0.2, 0) is 4.79 Å². The number of nitrogens with zero attached hydrogens (tertiary/aromatic N) is 2. The third-order valence-electron chi connectivity index (χ3n) is 4.73. The second kappa shape index (κ2) is 8.18. The lowest BCUT2D eigenvalue weighted by atomic mass is 10.0. The fraction of sp³-hybridized carbons (Fsp3) is 0.556. The van der Waals surface area contributed by atoms with Gasteiger partial charge in [0.1, 0.15) is 19.0 Å². The number of urea groups is 1. The van der Waals surface area contributed by atoms with Crippen LogP contribution in [0.25, 0.3) is 0 Å². The number of alkyl halides is 1. The van der Waals surface area contributed by atoms with E-state index in [1.165, 1.54) is 0 Å².